The van der Waals surface area contributed by atoms with E-state index in [-0.39, 0.29) is 18.3 Å². The van der Waals surface area contributed by atoms with Gasteiger partial charge in [-0.25, -0.2) is 0 Å². The molecule has 1 aliphatic heterocycles. The predicted octanol–water partition coefficient (Wildman–Crippen LogP) is 1.75. The van der Waals surface area contributed by atoms with Crippen LogP contribution in [0.3, 0.4) is 0 Å². The van der Waals surface area contributed by atoms with Crippen LogP contribution in [0.1, 0.15) is 40.8 Å². The lowest BCUT2D eigenvalue weighted by Crippen LogP contribution is -2.35. The highest BCUT2D eigenvalue weighted by atomic mass is 35.5. The highest BCUT2D eigenvalue weighted by Gasteiger charge is 2.20. The molecule has 0 aliphatic carbocycles. The van der Waals surface area contributed by atoms with Gasteiger partial charge in [-0.3, -0.25) is 9.69 Å². The third-order valence-electron chi connectivity index (χ3n) is 4.45. The first-order chi connectivity index (χ1) is 12.5. The summed E-state index contributed by atoms with van der Waals surface area (Å²) in [6, 6.07) is 8.55. The van der Waals surface area contributed by atoms with Crippen molar-refractivity contribution < 1.29 is 19.5 Å². The first kappa shape index (κ1) is 18.8. The van der Waals surface area contributed by atoms with Crippen molar-refractivity contribution in [3.63, 3.8) is 0 Å². The highest BCUT2D eigenvalue weighted by Crippen LogP contribution is 2.22. The zero-order chi connectivity index (χ0) is 18.5. The number of halogens is 1. The van der Waals surface area contributed by atoms with Gasteiger partial charge in [0.05, 0.1) is 18.8 Å². The number of aliphatic hydroxyl groups excluding tert-OH is 2. The number of benzene rings is 1. The van der Waals surface area contributed by atoms with Crippen molar-refractivity contribution in [2.45, 2.75) is 31.6 Å². The lowest BCUT2D eigenvalue weighted by atomic mass is 10.1. The van der Waals surface area contributed by atoms with Crippen molar-refractivity contribution in [3.05, 3.63) is 52.4 Å². The van der Waals surface area contributed by atoms with E-state index >= 15 is 0 Å². The second-order valence-electron chi connectivity index (χ2n) is 6.43. The Kier molecular flexibility index (Phi) is 6.26. The van der Waals surface area contributed by atoms with Gasteiger partial charge in [-0.05, 0) is 18.9 Å². The summed E-state index contributed by atoms with van der Waals surface area (Å²) in [5.74, 6) is 0.179. The number of rotatable bonds is 6. The smallest absolute Gasteiger partial charge is 0.273 e. The predicted molar refractivity (Wildman–Crippen MR) is 95.8 cm³/mol. The molecule has 0 bridgehead atoms. The van der Waals surface area contributed by atoms with Gasteiger partial charge in [-0.2, -0.15) is 0 Å². The number of hydrogen-bond acceptors (Lipinski definition) is 6. The molecule has 1 saturated heterocycles. The molecular weight excluding hydrogens is 358 g/mol. The largest absolute Gasteiger partial charge is 0.393 e. The second-order valence-corrected chi connectivity index (χ2v) is 6.84. The summed E-state index contributed by atoms with van der Waals surface area (Å²) in [6.07, 6.45) is 0.341. The van der Waals surface area contributed by atoms with Gasteiger partial charge in [0, 0.05) is 36.3 Å². The Labute approximate surface area is 156 Å². The Morgan fingerprint density at radius 2 is 2.12 bits per heavy atom. The number of aliphatic hydroxyl groups is 2. The fourth-order valence-electron chi connectivity index (χ4n) is 2.93. The van der Waals surface area contributed by atoms with E-state index in [9.17, 15) is 15.0 Å². The van der Waals surface area contributed by atoms with E-state index in [0.29, 0.717) is 22.9 Å². The normalized spacial score (nSPS) is 17.2. The number of piperidine rings is 1. The molecule has 1 amide bonds. The summed E-state index contributed by atoms with van der Waals surface area (Å²) in [4.78, 5) is 14.3. The number of nitrogens with one attached hydrogen (secondary N) is 1. The second kappa shape index (κ2) is 8.64. The topological polar surface area (TPSA) is 98.8 Å². The van der Waals surface area contributed by atoms with E-state index in [2.05, 4.69) is 15.4 Å². The monoisotopic (exact) mass is 379 g/mol. The number of nitrogens with zero attached hydrogens (tertiary/aromatic N) is 2. The van der Waals surface area contributed by atoms with Gasteiger partial charge >= 0.3 is 0 Å². The Morgan fingerprint density at radius 1 is 1.38 bits per heavy atom. The number of aromatic nitrogens is 1. The van der Waals surface area contributed by atoms with Crippen LogP contribution < -0.4 is 5.32 Å². The van der Waals surface area contributed by atoms with Crippen LogP contribution in [0.5, 0.6) is 0 Å². The molecule has 0 radical (unpaired) electrons. The zero-order valence-corrected chi connectivity index (χ0v) is 15.0. The van der Waals surface area contributed by atoms with E-state index in [1.54, 1.807) is 30.3 Å². The highest BCUT2D eigenvalue weighted by molar-refractivity contribution is 6.31. The van der Waals surface area contributed by atoms with Gasteiger partial charge in [-0.1, -0.05) is 35.0 Å². The third kappa shape index (κ3) is 4.82. The number of amides is 1. The van der Waals surface area contributed by atoms with Crippen LogP contribution in [0.4, 0.5) is 0 Å². The number of likely N-dealkylation sites (tertiary alicyclic amines) is 1. The van der Waals surface area contributed by atoms with Crippen molar-refractivity contribution in [2.75, 3.05) is 19.6 Å². The van der Waals surface area contributed by atoms with Crippen molar-refractivity contribution in [1.29, 1.82) is 0 Å². The van der Waals surface area contributed by atoms with Gasteiger partial charge in [0.25, 0.3) is 5.91 Å². The third-order valence-corrected chi connectivity index (χ3v) is 4.79. The molecule has 2 heterocycles. The maximum atomic E-state index is 12.2. The standard InChI is InChI=1S/C18H22ClN3O4/c19-15-4-2-1-3-14(15)17(24)10-20-18(25)16-9-13(26-21-16)11-22-7-5-12(23)6-8-22/h1-4,9,12,17,23-24H,5-8,10-11H2,(H,20,25)/t17-/m0/s1. The maximum absolute atomic E-state index is 12.2. The molecule has 1 aromatic carbocycles. The van der Waals surface area contributed by atoms with E-state index in [4.69, 9.17) is 16.1 Å². The van der Waals surface area contributed by atoms with Crippen molar-refractivity contribution in [1.82, 2.24) is 15.4 Å². The van der Waals surface area contributed by atoms with Crippen molar-refractivity contribution >= 4 is 17.5 Å². The molecule has 0 saturated carbocycles. The van der Waals surface area contributed by atoms with Gasteiger partial charge in [-0.15, -0.1) is 0 Å². The fourth-order valence-corrected chi connectivity index (χ4v) is 3.19. The molecule has 140 valence electrons. The summed E-state index contributed by atoms with van der Waals surface area (Å²) in [5, 5.41) is 26.6. The minimum absolute atomic E-state index is 0.0226. The maximum Gasteiger partial charge on any atom is 0.273 e. The Balaban J connectivity index is 1.51. The molecule has 3 rings (SSSR count). The Bertz CT molecular complexity index is 744. The van der Waals surface area contributed by atoms with Crippen LogP contribution in [0.25, 0.3) is 0 Å². The Hall–Kier alpha value is -1.93. The molecule has 1 fully saturated rings. The zero-order valence-electron chi connectivity index (χ0n) is 14.3. The lowest BCUT2D eigenvalue weighted by Gasteiger charge is -2.28. The minimum atomic E-state index is -0.904. The van der Waals surface area contributed by atoms with Crippen LogP contribution in [0.2, 0.25) is 5.02 Å². The molecule has 1 aromatic heterocycles. The molecule has 2 aromatic rings. The molecular formula is C18H22ClN3O4. The molecule has 0 unspecified atom stereocenters. The van der Waals surface area contributed by atoms with E-state index in [0.717, 1.165) is 25.9 Å². The summed E-state index contributed by atoms with van der Waals surface area (Å²) in [5.41, 5.74) is 0.728. The SMILES string of the molecule is O=C(NC[C@H](O)c1ccccc1Cl)c1cc(CN2CCC(O)CC2)on1. The number of hydrogen-bond donors (Lipinski definition) is 3. The summed E-state index contributed by atoms with van der Waals surface area (Å²) >= 11 is 6.04. The van der Waals surface area contributed by atoms with E-state index < -0.39 is 12.0 Å². The minimum Gasteiger partial charge on any atom is -0.393 e. The van der Waals surface area contributed by atoms with Crippen LogP contribution in [0.15, 0.2) is 34.9 Å². The average Bonchev–Trinajstić information content (AvgIpc) is 3.10. The molecule has 8 heteroatoms. The van der Waals surface area contributed by atoms with Crippen molar-refractivity contribution in [3.8, 4) is 0 Å². The molecule has 26 heavy (non-hydrogen) atoms. The fraction of sp³-hybridized carbons (Fsp3) is 0.444. The molecule has 3 N–H and O–H groups in total. The van der Waals surface area contributed by atoms with Gasteiger partial charge in [0.15, 0.2) is 11.5 Å². The molecule has 7 nitrogen and oxygen atoms in total. The van der Waals surface area contributed by atoms with E-state index in [1.807, 2.05) is 0 Å². The number of carbonyl (C=O) groups is 1. The summed E-state index contributed by atoms with van der Waals surface area (Å²) in [6.45, 7) is 2.14. The van der Waals surface area contributed by atoms with Crippen LogP contribution in [0, 0.1) is 0 Å². The van der Waals surface area contributed by atoms with E-state index in [1.165, 1.54) is 0 Å². The van der Waals surface area contributed by atoms with Crippen molar-refractivity contribution in [2.24, 2.45) is 0 Å². The quantitative estimate of drug-likeness (QED) is 0.707. The van der Waals surface area contributed by atoms with Gasteiger partial charge in [0.2, 0.25) is 0 Å². The van der Waals surface area contributed by atoms with Crippen LogP contribution in [-0.4, -0.2) is 51.9 Å². The van der Waals surface area contributed by atoms with Crippen LogP contribution >= 0.6 is 11.6 Å². The molecule has 1 aliphatic rings. The Morgan fingerprint density at radius 3 is 2.85 bits per heavy atom. The summed E-state index contributed by atoms with van der Waals surface area (Å²) < 4.78 is 5.23. The number of carbonyl (C=O) groups excluding carboxylic acids is 1. The first-order valence-electron chi connectivity index (χ1n) is 8.59. The van der Waals surface area contributed by atoms with Crippen LogP contribution in [-0.2, 0) is 6.54 Å². The van der Waals surface area contributed by atoms with Gasteiger partial charge in [0.1, 0.15) is 0 Å². The molecule has 1 atom stereocenters. The first-order valence-corrected chi connectivity index (χ1v) is 8.97. The summed E-state index contributed by atoms with van der Waals surface area (Å²) in [7, 11) is 0. The average molecular weight is 380 g/mol. The lowest BCUT2D eigenvalue weighted by molar-refractivity contribution is 0.0748. The van der Waals surface area contributed by atoms with Gasteiger partial charge < -0.3 is 20.1 Å². The molecule has 0 spiro atoms.